The number of nitrogens with zero attached hydrogens (tertiary/aromatic N) is 1. The smallest absolute Gasteiger partial charge is 0.264 e. The van der Waals surface area contributed by atoms with E-state index in [1.165, 1.54) is 57.7 Å². The number of anilines is 2. The molecule has 0 saturated heterocycles. The molecule has 0 aliphatic rings. The Balaban J connectivity index is 1.96. The molecular weight excluding hydrogens is 487 g/mol. The number of rotatable bonds is 9. The Morgan fingerprint density at radius 3 is 2.12 bits per heavy atom. The van der Waals surface area contributed by atoms with Crippen molar-refractivity contribution in [1.29, 1.82) is 0 Å². The van der Waals surface area contributed by atoms with Crippen LogP contribution in [0.1, 0.15) is 0 Å². The van der Waals surface area contributed by atoms with E-state index in [4.69, 9.17) is 25.8 Å². The van der Waals surface area contributed by atoms with Gasteiger partial charge in [0, 0.05) is 11.8 Å². The fraction of sp³-hybridized carbons (Fsp3) is 0.174. The molecule has 0 unspecified atom stereocenters. The molecule has 34 heavy (non-hydrogen) atoms. The van der Waals surface area contributed by atoms with Crippen LogP contribution in [0.4, 0.5) is 15.8 Å². The predicted octanol–water partition coefficient (Wildman–Crippen LogP) is 4.34. The van der Waals surface area contributed by atoms with Crippen molar-refractivity contribution in [3.05, 3.63) is 71.5 Å². The Kier molecular flexibility index (Phi) is 7.85. The molecule has 1 N–H and O–H groups in total. The molecule has 0 aromatic heterocycles. The lowest BCUT2D eigenvalue weighted by Gasteiger charge is -2.24. The third-order valence-corrected chi connectivity index (χ3v) is 6.85. The minimum absolute atomic E-state index is 0.0964. The van der Waals surface area contributed by atoms with Crippen LogP contribution in [0.15, 0.2) is 65.6 Å². The second kappa shape index (κ2) is 10.6. The number of sulfonamides is 1. The van der Waals surface area contributed by atoms with Crippen LogP contribution in [0.2, 0.25) is 5.02 Å². The first-order chi connectivity index (χ1) is 16.2. The summed E-state index contributed by atoms with van der Waals surface area (Å²) in [6.07, 6.45) is 0. The third-order valence-electron chi connectivity index (χ3n) is 4.78. The van der Waals surface area contributed by atoms with Gasteiger partial charge in [-0.3, -0.25) is 9.10 Å². The summed E-state index contributed by atoms with van der Waals surface area (Å²) in [4.78, 5) is 12.7. The van der Waals surface area contributed by atoms with Crippen LogP contribution in [-0.2, 0) is 14.8 Å². The van der Waals surface area contributed by atoms with Gasteiger partial charge >= 0.3 is 0 Å². The van der Waals surface area contributed by atoms with E-state index in [-0.39, 0.29) is 21.4 Å². The van der Waals surface area contributed by atoms with Crippen molar-refractivity contribution >= 4 is 38.9 Å². The third kappa shape index (κ3) is 5.52. The van der Waals surface area contributed by atoms with E-state index in [2.05, 4.69) is 5.32 Å². The van der Waals surface area contributed by atoms with Crippen molar-refractivity contribution in [2.75, 3.05) is 37.5 Å². The highest BCUT2D eigenvalue weighted by molar-refractivity contribution is 7.92. The number of halogens is 2. The molecule has 0 aliphatic carbocycles. The molecular formula is C23H22ClFN2O6S. The Morgan fingerprint density at radius 1 is 0.912 bits per heavy atom. The van der Waals surface area contributed by atoms with Crippen LogP contribution in [-0.4, -0.2) is 42.2 Å². The quantitative estimate of drug-likeness (QED) is 0.462. The van der Waals surface area contributed by atoms with Gasteiger partial charge < -0.3 is 19.5 Å². The molecule has 0 heterocycles. The molecule has 8 nitrogen and oxygen atoms in total. The molecule has 0 spiro atoms. The maximum atomic E-state index is 13.5. The molecule has 0 fully saturated rings. The number of ether oxygens (including phenoxy) is 3. The van der Waals surface area contributed by atoms with Crippen molar-refractivity contribution in [2.24, 2.45) is 0 Å². The van der Waals surface area contributed by atoms with Crippen molar-refractivity contribution in [1.82, 2.24) is 0 Å². The number of carbonyl (C=O) groups is 1. The number of hydrogen-bond acceptors (Lipinski definition) is 6. The zero-order chi connectivity index (χ0) is 24.9. The van der Waals surface area contributed by atoms with Gasteiger partial charge in [-0.25, -0.2) is 12.8 Å². The summed E-state index contributed by atoms with van der Waals surface area (Å²) < 4.78 is 56.9. The van der Waals surface area contributed by atoms with Crippen molar-refractivity contribution in [3.8, 4) is 17.2 Å². The van der Waals surface area contributed by atoms with Crippen LogP contribution in [0.3, 0.4) is 0 Å². The van der Waals surface area contributed by atoms with Crippen molar-refractivity contribution in [3.63, 3.8) is 0 Å². The van der Waals surface area contributed by atoms with Crippen molar-refractivity contribution < 1.29 is 31.8 Å². The van der Waals surface area contributed by atoms with Crippen LogP contribution in [0.5, 0.6) is 17.2 Å². The summed E-state index contributed by atoms with van der Waals surface area (Å²) in [5, 5.41) is 2.88. The lowest BCUT2D eigenvalue weighted by atomic mass is 10.3. The molecule has 3 rings (SSSR count). The lowest BCUT2D eigenvalue weighted by Crippen LogP contribution is -2.38. The summed E-state index contributed by atoms with van der Waals surface area (Å²) in [7, 11) is -0.00724. The Bertz CT molecular complexity index is 1290. The van der Waals surface area contributed by atoms with Crippen LogP contribution >= 0.6 is 11.6 Å². The predicted molar refractivity (Wildman–Crippen MR) is 127 cm³/mol. The largest absolute Gasteiger partial charge is 0.495 e. The van der Waals surface area contributed by atoms with Gasteiger partial charge in [0.25, 0.3) is 10.0 Å². The van der Waals surface area contributed by atoms with Gasteiger partial charge in [-0.05, 0) is 54.6 Å². The van der Waals surface area contributed by atoms with Gasteiger partial charge in [0.15, 0.2) is 11.5 Å². The van der Waals surface area contributed by atoms with Gasteiger partial charge in [-0.15, -0.1) is 0 Å². The van der Waals surface area contributed by atoms with E-state index in [0.29, 0.717) is 17.2 Å². The first-order valence-electron chi connectivity index (χ1n) is 9.83. The Hall–Kier alpha value is -3.50. The molecule has 11 heteroatoms. The van der Waals surface area contributed by atoms with Gasteiger partial charge in [0.05, 0.1) is 36.9 Å². The van der Waals surface area contributed by atoms with E-state index >= 15 is 0 Å². The van der Waals surface area contributed by atoms with E-state index in [1.807, 2.05) is 0 Å². The van der Waals surface area contributed by atoms with E-state index in [9.17, 15) is 17.6 Å². The summed E-state index contributed by atoms with van der Waals surface area (Å²) in [6, 6.07) is 13.4. The normalized spacial score (nSPS) is 11.0. The van der Waals surface area contributed by atoms with Crippen molar-refractivity contribution in [2.45, 2.75) is 4.90 Å². The highest BCUT2D eigenvalue weighted by atomic mass is 35.5. The average molecular weight is 509 g/mol. The number of amides is 1. The number of methoxy groups -OCH3 is 3. The fourth-order valence-electron chi connectivity index (χ4n) is 3.10. The molecule has 0 radical (unpaired) electrons. The summed E-state index contributed by atoms with van der Waals surface area (Å²) in [5.41, 5.74) is 0.442. The topological polar surface area (TPSA) is 94.2 Å². The highest BCUT2D eigenvalue weighted by Gasteiger charge is 2.28. The summed E-state index contributed by atoms with van der Waals surface area (Å²) >= 11 is 6.10. The minimum Gasteiger partial charge on any atom is -0.495 e. The maximum absolute atomic E-state index is 13.5. The zero-order valence-corrected chi connectivity index (χ0v) is 20.1. The average Bonchev–Trinajstić information content (AvgIpc) is 2.82. The number of benzene rings is 3. The fourth-order valence-corrected chi connectivity index (χ4v) is 4.80. The van der Waals surface area contributed by atoms with Gasteiger partial charge in [-0.1, -0.05) is 11.6 Å². The maximum Gasteiger partial charge on any atom is 0.264 e. The van der Waals surface area contributed by atoms with E-state index in [1.54, 1.807) is 12.1 Å². The van der Waals surface area contributed by atoms with Crippen LogP contribution in [0, 0.1) is 5.82 Å². The number of hydrogen-bond donors (Lipinski definition) is 1. The second-order valence-corrected chi connectivity index (χ2v) is 9.17. The molecule has 0 saturated carbocycles. The Labute approximate surface area is 201 Å². The standard InChI is InChI=1S/C23H22ClFN2O6S/c1-31-20-10-6-16(12-19(20)24)26-23(28)14-27(17-7-4-15(25)5-8-17)34(29,30)18-9-11-21(32-2)22(13-18)33-3/h4-13H,14H2,1-3H3,(H,26,28). The number of nitrogens with one attached hydrogen (secondary N) is 1. The molecule has 3 aromatic carbocycles. The van der Waals surface area contributed by atoms with Gasteiger partial charge in [-0.2, -0.15) is 0 Å². The first kappa shape index (κ1) is 25.1. The summed E-state index contributed by atoms with van der Waals surface area (Å²) in [6.45, 7) is -0.591. The second-order valence-electron chi connectivity index (χ2n) is 6.90. The van der Waals surface area contributed by atoms with E-state index in [0.717, 1.165) is 16.4 Å². The van der Waals surface area contributed by atoms with Gasteiger partial charge in [0.2, 0.25) is 5.91 Å². The molecule has 180 valence electrons. The Morgan fingerprint density at radius 2 is 1.53 bits per heavy atom. The SMILES string of the molecule is COc1ccc(NC(=O)CN(c2ccc(F)cc2)S(=O)(=O)c2ccc(OC)c(OC)c2)cc1Cl. The van der Waals surface area contributed by atoms with E-state index < -0.39 is 28.3 Å². The molecule has 1 amide bonds. The molecule has 3 aromatic rings. The molecule has 0 bridgehead atoms. The molecule has 0 atom stereocenters. The number of carbonyl (C=O) groups excluding carboxylic acids is 1. The lowest BCUT2D eigenvalue weighted by molar-refractivity contribution is -0.114. The monoisotopic (exact) mass is 508 g/mol. The summed E-state index contributed by atoms with van der Waals surface area (Å²) in [5.74, 6) is -0.244. The highest BCUT2D eigenvalue weighted by Crippen LogP contribution is 2.32. The first-order valence-corrected chi connectivity index (χ1v) is 11.6. The zero-order valence-electron chi connectivity index (χ0n) is 18.5. The minimum atomic E-state index is -4.26. The van der Waals surface area contributed by atoms with Gasteiger partial charge in [0.1, 0.15) is 18.1 Å². The molecule has 0 aliphatic heterocycles. The van der Waals surface area contributed by atoms with Crippen LogP contribution in [0.25, 0.3) is 0 Å². The van der Waals surface area contributed by atoms with Crippen LogP contribution < -0.4 is 23.8 Å².